The van der Waals surface area contributed by atoms with Gasteiger partial charge in [0.25, 0.3) is 0 Å². The zero-order valence-electron chi connectivity index (χ0n) is 18.5. The molecule has 0 saturated carbocycles. The lowest BCUT2D eigenvalue weighted by atomic mass is 10.2. The first-order chi connectivity index (χ1) is 16.0. The molecule has 11 nitrogen and oxygen atoms in total. The highest BCUT2D eigenvalue weighted by Gasteiger charge is 2.25. The molecule has 4 aromatic heterocycles. The second kappa shape index (κ2) is 7.93. The van der Waals surface area contributed by atoms with Gasteiger partial charge in [0.1, 0.15) is 0 Å². The van der Waals surface area contributed by atoms with Crippen LogP contribution in [0.2, 0.25) is 0 Å². The second-order valence-corrected chi connectivity index (χ2v) is 7.46. The molecule has 2 amide bonds. The van der Waals surface area contributed by atoms with E-state index in [0.717, 1.165) is 18.8 Å². The zero-order chi connectivity index (χ0) is 23.1. The van der Waals surface area contributed by atoms with E-state index in [2.05, 4.69) is 38.9 Å². The van der Waals surface area contributed by atoms with E-state index in [1.165, 1.54) is 9.42 Å². The third-order valence-electron chi connectivity index (χ3n) is 5.45. The predicted octanol–water partition coefficient (Wildman–Crippen LogP) is 3.33. The van der Waals surface area contributed by atoms with E-state index in [1.54, 1.807) is 36.3 Å². The lowest BCUT2D eigenvalue weighted by Crippen LogP contribution is -2.34. The minimum atomic E-state index is -0.704. The zero-order valence-corrected chi connectivity index (χ0v) is 18.5. The molecule has 33 heavy (non-hydrogen) atoms. The average Bonchev–Trinajstić information content (AvgIpc) is 3.54. The first-order valence-corrected chi connectivity index (χ1v) is 10.6. The van der Waals surface area contributed by atoms with Gasteiger partial charge in [-0.1, -0.05) is 0 Å². The Bertz CT molecular complexity index is 1430. The number of urea groups is 1. The quantitative estimate of drug-likeness (QED) is 0.425. The fourth-order valence-electron chi connectivity index (χ4n) is 3.88. The molecule has 0 aliphatic rings. The van der Waals surface area contributed by atoms with Gasteiger partial charge in [-0.25, -0.2) is 14.7 Å². The Morgan fingerprint density at radius 3 is 2.42 bits per heavy atom. The summed E-state index contributed by atoms with van der Waals surface area (Å²) in [7, 11) is 1.79. The molecule has 0 radical (unpaired) electrons. The summed E-state index contributed by atoms with van der Waals surface area (Å²) >= 11 is 0. The van der Waals surface area contributed by atoms with Crippen LogP contribution in [0, 0.1) is 0 Å². The maximum absolute atomic E-state index is 12.6. The van der Waals surface area contributed by atoms with Gasteiger partial charge in [-0.3, -0.25) is 4.68 Å². The minimum absolute atomic E-state index is 0.185. The molecular weight excluding hydrogens is 422 g/mol. The maximum Gasteiger partial charge on any atom is 0.326 e. The maximum atomic E-state index is 12.6. The van der Waals surface area contributed by atoms with Gasteiger partial charge in [0, 0.05) is 32.0 Å². The van der Waals surface area contributed by atoms with Gasteiger partial charge in [-0.05, 0) is 50.2 Å². The summed E-state index contributed by atoms with van der Waals surface area (Å²) in [6.45, 7) is 5.94. The lowest BCUT2D eigenvalue weighted by molar-refractivity contribution is 0.255. The largest absolute Gasteiger partial charge is 0.461 e. The van der Waals surface area contributed by atoms with Crippen LogP contribution in [0.3, 0.4) is 0 Å². The average molecular weight is 445 g/mol. The molecule has 0 saturated heterocycles. The number of nitrogens with zero attached hydrogens (tertiary/aromatic N) is 8. The van der Waals surface area contributed by atoms with Crippen LogP contribution in [0.15, 0.2) is 53.3 Å². The van der Waals surface area contributed by atoms with Crippen LogP contribution in [0.1, 0.15) is 13.8 Å². The van der Waals surface area contributed by atoms with Crippen LogP contribution >= 0.6 is 0 Å². The fraction of sp³-hybridized carbons (Fsp3) is 0.227. The summed E-state index contributed by atoms with van der Waals surface area (Å²) in [6, 6.07) is 10.4. The van der Waals surface area contributed by atoms with Crippen LogP contribution < -0.4 is 15.5 Å². The monoisotopic (exact) mass is 445 g/mol. The smallest absolute Gasteiger partial charge is 0.326 e. The van der Waals surface area contributed by atoms with Crippen molar-refractivity contribution >= 4 is 40.0 Å². The number of furan rings is 1. The number of benzene rings is 1. The number of aromatic nitrogens is 6. The van der Waals surface area contributed by atoms with Crippen molar-refractivity contribution in [2.45, 2.75) is 13.8 Å². The molecule has 0 unspecified atom stereocenters. The predicted molar refractivity (Wildman–Crippen MR) is 124 cm³/mol. The Hall–Kier alpha value is -4.41. The van der Waals surface area contributed by atoms with E-state index in [4.69, 9.17) is 10.2 Å². The van der Waals surface area contributed by atoms with Crippen molar-refractivity contribution in [3.63, 3.8) is 0 Å². The number of carbonyl (C=O) groups is 1. The standard InChI is InChI=1S/C22H23N9O2/c1-4-29(5-2)14-8-10-15(11-9-14)30(21(23)32)22-25-18-16(13-28(3)26-18)20-24-19(27-31(20)22)17-7-6-12-33-17/h6-13H,4-5H2,1-3H3,(H2,23,32). The molecule has 0 aliphatic heterocycles. The van der Waals surface area contributed by atoms with Gasteiger partial charge in [-0.15, -0.1) is 5.10 Å². The van der Waals surface area contributed by atoms with E-state index < -0.39 is 6.03 Å². The Morgan fingerprint density at radius 2 is 1.79 bits per heavy atom. The number of carbonyl (C=O) groups excluding carboxylic acids is 1. The third-order valence-corrected chi connectivity index (χ3v) is 5.45. The van der Waals surface area contributed by atoms with Crippen LogP contribution in [0.4, 0.5) is 22.1 Å². The molecule has 5 rings (SSSR count). The molecule has 0 atom stereocenters. The van der Waals surface area contributed by atoms with Crippen LogP contribution in [0.5, 0.6) is 0 Å². The molecule has 168 valence electrons. The number of nitrogens with two attached hydrogens (primary N) is 1. The van der Waals surface area contributed by atoms with Crippen LogP contribution in [0.25, 0.3) is 28.3 Å². The third kappa shape index (κ3) is 3.43. The molecule has 4 heterocycles. The topological polar surface area (TPSA) is 124 Å². The van der Waals surface area contributed by atoms with Crippen molar-refractivity contribution in [2.75, 3.05) is 22.9 Å². The molecule has 11 heteroatoms. The fourth-order valence-corrected chi connectivity index (χ4v) is 3.88. The van der Waals surface area contributed by atoms with Gasteiger partial charge in [0.05, 0.1) is 17.3 Å². The molecule has 0 spiro atoms. The Labute approximate surface area is 189 Å². The molecule has 0 bridgehead atoms. The van der Waals surface area contributed by atoms with E-state index in [-0.39, 0.29) is 5.95 Å². The SMILES string of the molecule is CCN(CC)c1ccc(N(C(N)=O)c2nc3nn(C)cc3c3nc(-c4ccco4)nn23)cc1. The number of primary amides is 1. The summed E-state index contributed by atoms with van der Waals surface area (Å²) in [5.41, 5.74) is 8.33. The first kappa shape index (κ1) is 20.5. The number of anilines is 3. The summed E-state index contributed by atoms with van der Waals surface area (Å²) in [4.78, 5) is 25.4. The number of fused-ring (bicyclic) bond motifs is 3. The van der Waals surface area contributed by atoms with Gasteiger partial charge >= 0.3 is 6.03 Å². The van der Waals surface area contributed by atoms with E-state index >= 15 is 0 Å². The van der Waals surface area contributed by atoms with Crippen molar-refractivity contribution in [1.29, 1.82) is 0 Å². The highest BCUT2D eigenvalue weighted by atomic mass is 16.3. The van der Waals surface area contributed by atoms with Gasteiger partial charge in [0.2, 0.25) is 11.8 Å². The van der Waals surface area contributed by atoms with E-state index in [1.807, 2.05) is 24.3 Å². The number of aryl methyl sites for hydroxylation is 1. The molecular formula is C22H23N9O2. The van der Waals surface area contributed by atoms with Crippen LogP contribution in [-0.2, 0) is 7.05 Å². The molecule has 0 fully saturated rings. The lowest BCUT2D eigenvalue weighted by Gasteiger charge is -2.23. The van der Waals surface area contributed by atoms with E-state index in [0.29, 0.717) is 34.0 Å². The van der Waals surface area contributed by atoms with Crippen LogP contribution in [-0.4, -0.2) is 48.5 Å². The Balaban J connectivity index is 1.71. The first-order valence-electron chi connectivity index (χ1n) is 10.6. The highest BCUT2D eigenvalue weighted by Crippen LogP contribution is 2.30. The molecule has 0 aliphatic carbocycles. The summed E-state index contributed by atoms with van der Waals surface area (Å²) < 4.78 is 8.59. The van der Waals surface area contributed by atoms with Gasteiger partial charge < -0.3 is 15.1 Å². The van der Waals surface area contributed by atoms with Crippen molar-refractivity contribution in [2.24, 2.45) is 12.8 Å². The Morgan fingerprint density at radius 1 is 1.06 bits per heavy atom. The van der Waals surface area contributed by atoms with Crippen molar-refractivity contribution in [3.05, 3.63) is 48.9 Å². The Kier molecular flexibility index (Phi) is 4.93. The van der Waals surface area contributed by atoms with E-state index in [9.17, 15) is 4.79 Å². The number of hydrogen-bond acceptors (Lipinski definition) is 7. The molecule has 1 aromatic carbocycles. The minimum Gasteiger partial charge on any atom is -0.461 e. The summed E-state index contributed by atoms with van der Waals surface area (Å²) in [5, 5.41) is 9.66. The summed E-state index contributed by atoms with van der Waals surface area (Å²) in [5.74, 6) is 1.04. The number of amides is 2. The molecule has 2 N–H and O–H groups in total. The van der Waals surface area contributed by atoms with Crippen molar-refractivity contribution in [3.8, 4) is 11.6 Å². The summed E-state index contributed by atoms with van der Waals surface area (Å²) in [6.07, 6.45) is 3.35. The van der Waals surface area contributed by atoms with Crippen molar-refractivity contribution in [1.82, 2.24) is 29.4 Å². The second-order valence-electron chi connectivity index (χ2n) is 7.46. The number of hydrogen-bond donors (Lipinski definition) is 1. The normalized spacial score (nSPS) is 11.4. The van der Waals surface area contributed by atoms with Crippen molar-refractivity contribution < 1.29 is 9.21 Å². The molecule has 5 aromatic rings. The van der Waals surface area contributed by atoms with Gasteiger partial charge in [0.15, 0.2) is 17.1 Å². The highest BCUT2D eigenvalue weighted by molar-refractivity contribution is 5.99. The van der Waals surface area contributed by atoms with Gasteiger partial charge in [-0.2, -0.15) is 14.6 Å². The number of rotatable bonds is 6.